The molecule has 0 bridgehead atoms. The van der Waals surface area contributed by atoms with Gasteiger partial charge in [-0.1, -0.05) is 18.2 Å². The van der Waals surface area contributed by atoms with E-state index in [2.05, 4.69) is 9.97 Å². The number of nitro benzene ring substituents is 1. The van der Waals surface area contributed by atoms with Crippen molar-refractivity contribution in [2.45, 2.75) is 0 Å². The molecular weight excluding hydrogens is 436 g/mol. The minimum atomic E-state index is -0.451. The lowest BCUT2D eigenvalue weighted by molar-refractivity contribution is -0.384. The molecule has 0 aliphatic rings. The molecule has 0 aliphatic carbocycles. The van der Waals surface area contributed by atoms with E-state index in [1.807, 2.05) is 42.5 Å². The van der Waals surface area contributed by atoms with Crippen LogP contribution >= 0.6 is 0 Å². The first-order valence-corrected chi connectivity index (χ1v) is 10.3. The fraction of sp³-hybridized carbons (Fsp3) is 0.120. The molecule has 0 radical (unpaired) electrons. The Morgan fingerprint density at radius 2 is 1.50 bits per heavy atom. The van der Waals surface area contributed by atoms with Gasteiger partial charge in [-0.15, -0.1) is 0 Å². The van der Waals surface area contributed by atoms with E-state index in [1.165, 1.54) is 12.1 Å². The third-order valence-corrected chi connectivity index (χ3v) is 5.13. The Hall–Kier alpha value is -4.50. The lowest BCUT2D eigenvalue weighted by Crippen LogP contribution is -2.03. The molecule has 9 nitrogen and oxygen atoms in total. The van der Waals surface area contributed by atoms with Crippen LogP contribution in [0.25, 0.3) is 33.6 Å². The molecule has 0 unspecified atom stereocenters. The van der Waals surface area contributed by atoms with Crippen LogP contribution in [0.3, 0.4) is 0 Å². The maximum Gasteiger partial charge on any atom is 0.269 e. The van der Waals surface area contributed by atoms with Gasteiger partial charge >= 0.3 is 0 Å². The molecule has 4 aromatic rings. The van der Waals surface area contributed by atoms with Crippen LogP contribution in [0, 0.1) is 10.1 Å². The standard InChI is InChI=1S/C25H22N4O5/c1-32-15-34-24-12-7-18(16-5-10-20(33-2)11-6-16)13-21(24)23-14-22(27-25(26)28-23)17-3-8-19(9-4-17)29(30)31/h3-14H,15H2,1-2H3,(H2,26,27,28). The average molecular weight is 458 g/mol. The maximum atomic E-state index is 11.0. The molecule has 4 rings (SSSR count). The highest BCUT2D eigenvalue weighted by Crippen LogP contribution is 2.36. The Bertz CT molecular complexity index is 1310. The Labute approximate surface area is 195 Å². The van der Waals surface area contributed by atoms with Gasteiger partial charge in [-0.05, 0) is 53.6 Å². The van der Waals surface area contributed by atoms with Gasteiger partial charge in [0.2, 0.25) is 5.95 Å². The first-order valence-electron chi connectivity index (χ1n) is 10.3. The van der Waals surface area contributed by atoms with Gasteiger partial charge in [0.15, 0.2) is 6.79 Å². The number of ether oxygens (including phenoxy) is 3. The van der Waals surface area contributed by atoms with Gasteiger partial charge in [-0.3, -0.25) is 10.1 Å². The van der Waals surface area contributed by atoms with E-state index in [0.717, 1.165) is 16.9 Å². The number of anilines is 1. The van der Waals surface area contributed by atoms with E-state index in [1.54, 1.807) is 32.4 Å². The summed E-state index contributed by atoms with van der Waals surface area (Å²) >= 11 is 0. The summed E-state index contributed by atoms with van der Waals surface area (Å²) in [5.41, 5.74) is 10.4. The zero-order valence-electron chi connectivity index (χ0n) is 18.6. The third-order valence-electron chi connectivity index (χ3n) is 5.13. The van der Waals surface area contributed by atoms with Gasteiger partial charge < -0.3 is 19.9 Å². The quantitative estimate of drug-likeness (QED) is 0.223. The van der Waals surface area contributed by atoms with E-state index < -0.39 is 4.92 Å². The summed E-state index contributed by atoms with van der Waals surface area (Å²) in [4.78, 5) is 19.3. The number of hydrogen-bond donors (Lipinski definition) is 1. The summed E-state index contributed by atoms with van der Waals surface area (Å²) < 4.78 is 16.1. The normalized spacial score (nSPS) is 10.6. The number of nitrogens with two attached hydrogens (primary N) is 1. The largest absolute Gasteiger partial charge is 0.497 e. The molecule has 0 aliphatic heterocycles. The van der Waals surface area contributed by atoms with Crippen molar-refractivity contribution in [2.24, 2.45) is 0 Å². The van der Waals surface area contributed by atoms with Crippen molar-refractivity contribution in [1.82, 2.24) is 9.97 Å². The summed E-state index contributed by atoms with van der Waals surface area (Å²) in [6.45, 7) is 0.0602. The van der Waals surface area contributed by atoms with E-state index in [9.17, 15) is 10.1 Å². The molecule has 9 heteroatoms. The van der Waals surface area contributed by atoms with Crippen LogP contribution < -0.4 is 15.2 Å². The molecule has 1 heterocycles. The average Bonchev–Trinajstić information content (AvgIpc) is 2.87. The maximum absolute atomic E-state index is 11.0. The van der Waals surface area contributed by atoms with Crippen LogP contribution in [0.15, 0.2) is 72.8 Å². The van der Waals surface area contributed by atoms with Crippen LogP contribution in [0.2, 0.25) is 0 Å². The van der Waals surface area contributed by atoms with E-state index in [-0.39, 0.29) is 18.4 Å². The van der Waals surface area contributed by atoms with Crippen LogP contribution in [-0.4, -0.2) is 35.9 Å². The van der Waals surface area contributed by atoms with Gasteiger partial charge in [-0.25, -0.2) is 9.97 Å². The Morgan fingerprint density at radius 1 is 0.853 bits per heavy atom. The summed E-state index contributed by atoms with van der Waals surface area (Å²) in [7, 11) is 3.16. The van der Waals surface area contributed by atoms with E-state index in [4.69, 9.17) is 19.9 Å². The van der Waals surface area contributed by atoms with Crippen LogP contribution in [0.1, 0.15) is 0 Å². The highest BCUT2D eigenvalue weighted by molar-refractivity contribution is 5.78. The van der Waals surface area contributed by atoms with E-state index >= 15 is 0 Å². The number of nitrogen functional groups attached to an aromatic ring is 1. The van der Waals surface area contributed by atoms with Gasteiger partial charge in [0.1, 0.15) is 11.5 Å². The number of hydrogen-bond acceptors (Lipinski definition) is 8. The van der Waals surface area contributed by atoms with Crippen LogP contribution in [0.4, 0.5) is 11.6 Å². The summed E-state index contributed by atoms with van der Waals surface area (Å²) in [6, 6.07) is 21.3. The topological polar surface area (TPSA) is 123 Å². The highest BCUT2D eigenvalue weighted by Gasteiger charge is 2.15. The number of rotatable bonds is 8. The number of nitro groups is 1. The zero-order valence-corrected chi connectivity index (χ0v) is 18.6. The molecule has 0 fully saturated rings. The predicted octanol–water partition coefficient (Wildman–Crippen LogP) is 4.96. The van der Waals surface area contributed by atoms with Crippen LogP contribution in [0.5, 0.6) is 11.5 Å². The first-order chi connectivity index (χ1) is 16.5. The number of aromatic nitrogens is 2. The molecule has 3 aromatic carbocycles. The SMILES string of the molecule is COCOc1ccc(-c2ccc(OC)cc2)cc1-c1cc(-c2ccc([N+](=O)[O-])cc2)nc(N)n1. The molecule has 0 amide bonds. The van der Waals surface area contributed by atoms with Crippen molar-refractivity contribution < 1.29 is 19.1 Å². The van der Waals surface area contributed by atoms with Gasteiger partial charge in [0.25, 0.3) is 5.69 Å². The third kappa shape index (κ3) is 4.94. The molecule has 0 saturated carbocycles. The summed E-state index contributed by atoms with van der Waals surface area (Å²) in [6.07, 6.45) is 0. The van der Waals surface area contributed by atoms with E-state index in [0.29, 0.717) is 28.3 Å². The summed E-state index contributed by atoms with van der Waals surface area (Å²) in [5, 5.41) is 11.0. The van der Waals surface area contributed by atoms with Crippen molar-refractivity contribution >= 4 is 11.6 Å². The van der Waals surface area contributed by atoms with Gasteiger partial charge in [-0.2, -0.15) is 0 Å². The lowest BCUT2D eigenvalue weighted by Gasteiger charge is -2.14. The molecule has 0 spiro atoms. The fourth-order valence-corrected chi connectivity index (χ4v) is 3.45. The number of nitrogens with zero attached hydrogens (tertiary/aromatic N) is 3. The Kier molecular flexibility index (Phi) is 6.65. The first kappa shape index (κ1) is 22.7. The van der Waals surface area contributed by atoms with Crippen molar-refractivity contribution in [3.8, 4) is 45.1 Å². The molecule has 34 heavy (non-hydrogen) atoms. The second-order valence-corrected chi connectivity index (χ2v) is 7.29. The number of methoxy groups -OCH3 is 2. The minimum absolute atomic E-state index is 0.00607. The van der Waals surface area contributed by atoms with Gasteiger partial charge in [0.05, 0.1) is 23.4 Å². The number of non-ortho nitro benzene ring substituents is 1. The second-order valence-electron chi connectivity index (χ2n) is 7.29. The molecule has 0 saturated heterocycles. The molecular formula is C25H22N4O5. The zero-order chi connectivity index (χ0) is 24.1. The van der Waals surface area contributed by atoms with Gasteiger partial charge in [0, 0.05) is 30.4 Å². The summed E-state index contributed by atoms with van der Waals surface area (Å²) in [5.74, 6) is 1.39. The molecule has 2 N–H and O–H groups in total. The Balaban J connectivity index is 1.79. The predicted molar refractivity (Wildman–Crippen MR) is 128 cm³/mol. The van der Waals surface area contributed by atoms with Crippen molar-refractivity contribution in [3.63, 3.8) is 0 Å². The molecule has 172 valence electrons. The lowest BCUT2D eigenvalue weighted by atomic mass is 9.99. The van der Waals surface area contributed by atoms with Crippen molar-refractivity contribution in [2.75, 3.05) is 26.7 Å². The molecule has 1 aromatic heterocycles. The molecule has 0 atom stereocenters. The smallest absolute Gasteiger partial charge is 0.269 e. The van der Waals surface area contributed by atoms with Crippen molar-refractivity contribution in [1.29, 1.82) is 0 Å². The minimum Gasteiger partial charge on any atom is -0.497 e. The van der Waals surface area contributed by atoms with Crippen molar-refractivity contribution in [3.05, 3.63) is 82.9 Å². The van der Waals surface area contributed by atoms with Crippen LogP contribution in [-0.2, 0) is 4.74 Å². The number of benzene rings is 3. The fourth-order valence-electron chi connectivity index (χ4n) is 3.45. The second kappa shape index (κ2) is 9.97. The Morgan fingerprint density at radius 3 is 2.15 bits per heavy atom. The highest BCUT2D eigenvalue weighted by atomic mass is 16.7. The monoisotopic (exact) mass is 458 g/mol.